The van der Waals surface area contributed by atoms with E-state index < -0.39 is 18.0 Å². The van der Waals surface area contributed by atoms with E-state index in [1.54, 1.807) is 42.5 Å². The number of nitrogens with zero attached hydrogens (tertiary/aromatic N) is 4. The minimum Gasteiger partial charge on any atom is -0.854 e. The number of esters is 1. The average Bonchev–Trinajstić information content (AvgIpc) is 2.81. The van der Waals surface area contributed by atoms with Gasteiger partial charge in [0.05, 0.1) is 29.8 Å². The number of anilines is 1. The fraction of sp³-hybridized carbons (Fsp3) is 0.292. The number of fused-ring (bicyclic) bond motifs is 3. The molecule has 9 nitrogen and oxygen atoms in total. The van der Waals surface area contributed by atoms with Gasteiger partial charge in [0.2, 0.25) is 5.91 Å². The van der Waals surface area contributed by atoms with Crippen LogP contribution in [-0.2, 0) is 9.59 Å². The number of benzene rings is 2. The van der Waals surface area contributed by atoms with Gasteiger partial charge in [0.15, 0.2) is 11.5 Å². The molecule has 2 heterocycles. The number of para-hydroxylation sites is 2. The summed E-state index contributed by atoms with van der Waals surface area (Å²) >= 11 is 1.36. The fourth-order valence-corrected chi connectivity index (χ4v) is 4.64. The Hall–Kier alpha value is -3.66. The van der Waals surface area contributed by atoms with Gasteiger partial charge in [0.25, 0.3) is 17.0 Å². The summed E-state index contributed by atoms with van der Waals surface area (Å²) < 4.78 is 12.5. The van der Waals surface area contributed by atoms with Gasteiger partial charge in [-0.1, -0.05) is 41.6 Å². The molecule has 1 atom stereocenters. The zero-order chi connectivity index (χ0) is 24.4. The number of rotatable bonds is 6. The minimum absolute atomic E-state index is 0.153. The second-order valence-corrected chi connectivity index (χ2v) is 8.66. The first kappa shape index (κ1) is 23.5. The van der Waals surface area contributed by atoms with Crippen LogP contribution in [0.2, 0.25) is 0 Å². The van der Waals surface area contributed by atoms with Crippen molar-refractivity contribution in [1.82, 2.24) is 10.1 Å². The predicted molar refractivity (Wildman–Crippen MR) is 124 cm³/mol. The first-order valence-electron chi connectivity index (χ1n) is 10.8. The van der Waals surface area contributed by atoms with Crippen LogP contribution in [0.1, 0.15) is 38.9 Å². The van der Waals surface area contributed by atoms with E-state index in [9.17, 15) is 14.7 Å². The van der Waals surface area contributed by atoms with Crippen LogP contribution in [0.4, 0.5) is 5.69 Å². The van der Waals surface area contributed by atoms with Crippen molar-refractivity contribution in [3.63, 3.8) is 0 Å². The van der Waals surface area contributed by atoms with E-state index in [0.717, 1.165) is 12.2 Å². The Morgan fingerprint density at radius 1 is 1.18 bits per heavy atom. The normalized spacial score (nSPS) is 14.2. The summed E-state index contributed by atoms with van der Waals surface area (Å²) in [6, 6.07) is 12.2. The van der Waals surface area contributed by atoms with Gasteiger partial charge in [-0.2, -0.15) is 0 Å². The van der Waals surface area contributed by atoms with Gasteiger partial charge in [-0.25, -0.2) is 9.88 Å². The summed E-state index contributed by atoms with van der Waals surface area (Å²) in [7, 11) is 1.46. The number of carbonyl (C=O) groups is 2. The van der Waals surface area contributed by atoms with Gasteiger partial charge in [0.1, 0.15) is 0 Å². The molecule has 1 aliphatic heterocycles. The Balaban J connectivity index is 2.06. The van der Waals surface area contributed by atoms with Crippen LogP contribution in [0.25, 0.3) is 11.3 Å². The van der Waals surface area contributed by atoms with Crippen molar-refractivity contribution in [2.45, 2.75) is 38.5 Å². The molecule has 0 radical (unpaired) electrons. The predicted octanol–water partition coefficient (Wildman–Crippen LogP) is 2.85. The Morgan fingerprint density at radius 2 is 1.94 bits per heavy atom. The summed E-state index contributed by atoms with van der Waals surface area (Å²) in [5.41, 5.74) is 1.76. The standard InChI is InChI=1S/C24H24N4O5S/c1-5-13-34-24-25-22(31)20-16-9-6-7-11-18(16)27(14(2)29)23(28(20)26-24)17-10-8-12-19(32-4)21(17)33-15(3)30/h6-12,23H,5,13H2,1-4H3. The molecule has 0 N–H and O–H groups in total. The van der Waals surface area contributed by atoms with E-state index in [2.05, 4.69) is 10.1 Å². The quantitative estimate of drug-likeness (QED) is 0.229. The maximum atomic E-state index is 13.3. The average molecular weight is 481 g/mol. The van der Waals surface area contributed by atoms with Crippen molar-refractivity contribution in [1.29, 1.82) is 0 Å². The third kappa shape index (κ3) is 4.16. The molecule has 1 amide bonds. The molecule has 1 aliphatic rings. The highest BCUT2D eigenvalue weighted by Crippen LogP contribution is 2.44. The smallest absolute Gasteiger partial charge is 0.308 e. The molecule has 1 unspecified atom stereocenters. The summed E-state index contributed by atoms with van der Waals surface area (Å²) in [6.45, 7) is 4.75. The van der Waals surface area contributed by atoms with Crippen molar-refractivity contribution in [3.05, 3.63) is 48.0 Å². The van der Waals surface area contributed by atoms with Crippen molar-refractivity contribution in [3.8, 4) is 28.6 Å². The molecule has 34 heavy (non-hydrogen) atoms. The zero-order valence-corrected chi connectivity index (χ0v) is 20.1. The second kappa shape index (κ2) is 9.68. The van der Waals surface area contributed by atoms with Gasteiger partial charge < -0.3 is 14.6 Å². The Bertz CT molecular complexity index is 1270. The number of hydrogen-bond acceptors (Lipinski definition) is 8. The van der Waals surface area contributed by atoms with E-state index in [0.29, 0.717) is 27.7 Å². The first-order chi connectivity index (χ1) is 16.4. The monoisotopic (exact) mass is 480 g/mol. The molecule has 0 fully saturated rings. The Kier molecular flexibility index (Phi) is 6.69. The van der Waals surface area contributed by atoms with Gasteiger partial charge in [-0.05, 0) is 30.7 Å². The lowest BCUT2D eigenvalue weighted by molar-refractivity contribution is -0.764. The van der Waals surface area contributed by atoms with Crippen molar-refractivity contribution in [2.75, 3.05) is 17.8 Å². The van der Waals surface area contributed by atoms with Crippen LogP contribution in [-0.4, -0.2) is 34.8 Å². The molecule has 0 bridgehead atoms. The summed E-state index contributed by atoms with van der Waals surface area (Å²) in [6.07, 6.45) is -0.0361. The molecular weight excluding hydrogens is 456 g/mol. The van der Waals surface area contributed by atoms with E-state index in [1.165, 1.54) is 42.3 Å². The molecule has 0 aliphatic carbocycles. The van der Waals surface area contributed by atoms with E-state index in [1.807, 2.05) is 6.92 Å². The van der Waals surface area contributed by atoms with Crippen LogP contribution < -0.4 is 24.2 Å². The van der Waals surface area contributed by atoms with Gasteiger partial charge >= 0.3 is 5.97 Å². The van der Waals surface area contributed by atoms with Gasteiger partial charge in [0, 0.05) is 24.7 Å². The number of hydrogen-bond donors (Lipinski definition) is 0. The Labute approximate surface area is 201 Å². The molecule has 0 saturated heterocycles. The number of amides is 1. The lowest BCUT2D eigenvalue weighted by atomic mass is 10.0. The number of ether oxygens (including phenoxy) is 2. The molecule has 3 aromatic rings. The first-order valence-corrected chi connectivity index (χ1v) is 11.7. The third-order valence-corrected chi connectivity index (χ3v) is 6.29. The van der Waals surface area contributed by atoms with E-state index in [4.69, 9.17) is 9.47 Å². The van der Waals surface area contributed by atoms with Crippen molar-refractivity contribution < 1.29 is 28.9 Å². The van der Waals surface area contributed by atoms with E-state index >= 15 is 0 Å². The topological polar surface area (TPSA) is 109 Å². The zero-order valence-electron chi connectivity index (χ0n) is 19.3. The van der Waals surface area contributed by atoms with Crippen LogP contribution in [0.15, 0.2) is 47.6 Å². The number of methoxy groups -OCH3 is 1. The number of carbonyl (C=O) groups excluding carboxylic acids is 2. The maximum absolute atomic E-state index is 13.3. The lowest BCUT2D eigenvalue weighted by Gasteiger charge is -2.33. The van der Waals surface area contributed by atoms with Crippen LogP contribution in [0.5, 0.6) is 17.4 Å². The highest BCUT2D eigenvalue weighted by Gasteiger charge is 2.45. The second-order valence-electron chi connectivity index (χ2n) is 7.59. The molecule has 176 valence electrons. The molecule has 2 aromatic carbocycles. The van der Waals surface area contributed by atoms with Crippen molar-refractivity contribution in [2.24, 2.45) is 0 Å². The number of aromatic nitrogens is 3. The number of thioether (sulfide) groups is 1. The Morgan fingerprint density at radius 3 is 2.62 bits per heavy atom. The van der Waals surface area contributed by atoms with Crippen LogP contribution in [0, 0.1) is 0 Å². The summed E-state index contributed by atoms with van der Waals surface area (Å²) in [5, 5.41) is 18.2. The summed E-state index contributed by atoms with van der Waals surface area (Å²) in [4.78, 5) is 30.7. The molecule has 0 saturated carbocycles. The molecular formula is C24H24N4O5S. The SMILES string of the molecule is CCCSc1nc([O-])c2[n+](n1)C(c1cccc(OC)c1OC(C)=O)N(C(C)=O)c1ccccc1-2. The fourth-order valence-electron chi connectivity index (χ4n) is 3.96. The molecule has 10 heteroatoms. The maximum Gasteiger partial charge on any atom is 0.308 e. The van der Waals surface area contributed by atoms with Crippen molar-refractivity contribution >= 4 is 29.3 Å². The van der Waals surface area contributed by atoms with Crippen LogP contribution in [0.3, 0.4) is 0 Å². The highest BCUT2D eigenvalue weighted by molar-refractivity contribution is 7.99. The molecule has 0 spiro atoms. The summed E-state index contributed by atoms with van der Waals surface area (Å²) in [5.74, 6) is -0.0799. The third-order valence-electron chi connectivity index (χ3n) is 5.24. The largest absolute Gasteiger partial charge is 0.854 e. The van der Waals surface area contributed by atoms with Gasteiger partial charge in [-0.15, -0.1) is 0 Å². The molecule has 4 rings (SSSR count). The van der Waals surface area contributed by atoms with Gasteiger partial charge in [-0.3, -0.25) is 9.59 Å². The minimum atomic E-state index is -0.913. The lowest BCUT2D eigenvalue weighted by Crippen LogP contribution is -2.58. The van der Waals surface area contributed by atoms with Crippen LogP contribution >= 0.6 is 11.8 Å². The highest BCUT2D eigenvalue weighted by atomic mass is 32.2. The molecule has 1 aromatic heterocycles. The van der Waals surface area contributed by atoms with E-state index in [-0.39, 0.29) is 17.4 Å².